The summed E-state index contributed by atoms with van der Waals surface area (Å²) in [7, 11) is -2.45. The lowest BCUT2D eigenvalue weighted by atomic mass is 10.1. The normalized spacial score (nSPS) is 12.1. The molecule has 0 spiro atoms. The van der Waals surface area contributed by atoms with E-state index < -0.39 is 26.9 Å². The average molecular weight is 407 g/mol. The summed E-state index contributed by atoms with van der Waals surface area (Å²) in [6.07, 6.45) is 1.10. The van der Waals surface area contributed by atoms with Crippen LogP contribution in [0, 0.1) is 10.1 Å². The summed E-state index contributed by atoms with van der Waals surface area (Å²) in [6, 6.07) is 10.8. The average Bonchev–Trinajstić information content (AvgIpc) is 2.65. The molecule has 10 heteroatoms. The van der Waals surface area contributed by atoms with Crippen molar-refractivity contribution in [2.75, 3.05) is 23.0 Å². The highest BCUT2D eigenvalue weighted by Crippen LogP contribution is 2.28. The van der Waals surface area contributed by atoms with Crippen LogP contribution in [0.3, 0.4) is 0 Å². The maximum Gasteiger partial charge on any atom is 0.271 e. The van der Waals surface area contributed by atoms with Gasteiger partial charge in [0.1, 0.15) is 11.8 Å². The Morgan fingerprint density at radius 3 is 2.50 bits per heavy atom. The summed E-state index contributed by atoms with van der Waals surface area (Å²) in [4.78, 5) is 23.3. The maximum atomic E-state index is 12.9. The molecule has 1 N–H and O–H groups in total. The molecule has 1 amide bonds. The number of para-hydroxylation sites is 2. The first-order valence-corrected chi connectivity index (χ1v) is 10.2. The standard InChI is InChI=1S/C18H21N3O6S/c1-4-16(18(22)19-15-10-5-6-11-17(15)27-2)20(28(3,25)26)13-8-7-9-14(12-13)21(23)24/h5-12,16H,4H2,1-3H3,(H,19,22). The molecule has 2 rings (SSSR count). The Morgan fingerprint density at radius 2 is 1.93 bits per heavy atom. The largest absolute Gasteiger partial charge is 0.495 e. The van der Waals surface area contributed by atoms with Crippen molar-refractivity contribution in [1.82, 2.24) is 0 Å². The van der Waals surface area contributed by atoms with Crippen molar-refractivity contribution < 1.29 is 22.9 Å². The molecule has 0 saturated carbocycles. The van der Waals surface area contributed by atoms with Crippen molar-refractivity contribution in [3.05, 3.63) is 58.6 Å². The van der Waals surface area contributed by atoms with Crippen LogP contribution >= 0.6 is 0 Å². The van der Waals surface area contributed by atoms with Crippen molar-refractivity contribution in [3.8, 4) is 5.75 Å². The summed E-state index contributed by atoms with van der Waals surface area (Å²) in [6.45, 7) is 1.65. The number of nitro benzene ring substituents is 1. The minimum atomic E-state index is -3.91. The highest BCUT2D eigenvalue weighted by Gasteiger charge is 2.32. The van der Waals surface area contributed by atoms with Crippen molar-refractivity contribution in [2.24, 2.45) is 0 Å². The van der Waals surface area contributed by atoms with Gasteiger partial charge in [-0.15, -0.1) is 0 Å². The van der Waals surface area contributed by atoms with E-state index in [1.807, 2.05) is 0 Å². The van der Waals surface area contributed by atoms with E-state index in [1.165, 1.54) is 25.3 Å². The first kappa shape index (κ1) is 21.2. The van der Waals surface area contributed by atoms with Crippen LogP contribution in [0.4, 0.5) is 17.1 Å². The number of hydrogen-bond acceptors (Lipinski definition) is 6. The number of non-ortho nitro benzene ring substituents is 1. The quantitative estimate of drug-likeness (QED) is 0.531. The zero-order chi connectivity index (χ0) is 20.9. The minimum Gasteiger partial charge on any atom is -0.495 e. The predicted molar refractivity (Wildman–Crippen MR) is 106 cm³/mol. The third-order valence-electron chi connectivity index (χ3n) is 3.99. The van der Waals surface area contributed by atoms with Gasteiger partial charge in [0.15, 0.2) is 0 Å². The summed E-state index contributed by atoms with van der Waals surface area (Å²) < 4.78 is 31.0. The number of carbonyl (C=O) groups excluding carboxylic acids is 1. The SMILES string of the molecule is CCC(C(=O)Nc1ccccc1OC)N(c1cccc([N+](=O)[O-])c1)S(C)(=O)=O. The fraction of sp³-hybridized carbons (Fsp3) is 0.278. The lowest BCUT2D eigenvalue weighted by molar-refractivity contribution is -0.384. The van der Waals surface area contributed by atoms with Crippen LogP contribution in [0.25, 0.3) is 0 Å². The van der Waals surface area contributed by atoms with Crippen LogP contribution in [0.1, 0.15) is 13.3 Å². The molecule has 1 unspecified atom stereocenters. The second-order valence-electron chi connectivity index (χ2n) is 5.95. The van der Waals surface area contributed by atoms with Gasteiger partial charge in [-0.3, -0.25) is 19.2 Å². The van der Waals surface area contributed by atoms with Gasteiger partial charge in [-0.25, -0.2) is 8.42 Å². The summed E-state index contributed by atoms with van der Waals surface area (Å²) in [5.74, 6) is -0.157. The fourth-order valence-electron chi connectivity index (χ4n) is 2.77. The first-order chi connectivity index (χ1) is 13.2. The molecule has 9 nitrogen and oxygen atoms in total. The van der Waals surface area contributed by atoms with Gasteiger partial charge in [-0.05, 0) is 24.6 Å². The summed E-state index contributed by atoms with van der Waals surface area (Å²) in [5.41, 5.74) is 0.158. The lowest BCUT2D eigenvalue weighted by Crippen LogP contribution is -2.47. The Balaban J connectivity index is 2.45. The van der Waals surface area contributed by atoms with Gasteiger partial charge in [0.25, 0.3) is 5.69 Å². The zero-order valence-electron chi connectivity index (χ0n) is 15.7. The topological polar surface area (TPSA) is 119 Å². The third-order valence-corrected chi connectivity index (χ3v) is 5.17. The van der Waals surface area contributed by atoms with Crippen molar-refractivity contribution in [2.45, 2.75) is 19.4 Å². The number of nitrogens with zero attached hydrogens (tertiary/aromatic N) is 2. The molecule has 0 radical (unpaired) electrons. The Hall–Kier alpha value is -3.14. The highest BCUT2D eigenvalue weighted by molar-refractivity contribution is 7.92. The molecule has 0 bridgehead atoms. The van der Waals surface area contributed by atoms with Gasteiger partial charge in [0, 0.05) is 12.1 Å². The number of rotatable bonds is 8. The van der Waals surface area contributed by atoms with E-state index >= 15 is 0 Å². The summed E-state index contributed by atoms with van der Waals surface area (Å²) in [5, 5.41) is 13.7. The number of nitro groups is 1. The molecule has 28 heavy (non-hydrogen) atoms. The Kier molecular flexibility index (Phi) is 6.57. The number of benzene rings is 2. The zero-order valence-corrected chi connectivity index (χ0v) is 16.5. The molecule has 0 fully saturated rings. The van der Waals surface area contributed by atoms with Gasteiger partial charge in [-0.2, -0.15) is 0 Å². The second-order valence-corrected chi connectivity index (χ2v) is 7.81. The second kappa shape index (κ2) is 8.70. The molecular formula is C18H21N3O6S. The number of sulfonamides is 1. The Morgan fingerprint density at radius 1 is 1.25 bits per heavy atom. The van der Waals surface area contributed by atoms with Gasteiger partial charge >= 0.3 is 0 Å². The fourth-order valence-corrected chi connectivity index (χ4v) is 3.97. The summed E-state index contributed by atoms with van der Waals surface area (Å²) >= 11 is 0. The third kappa shape index (κ3) is 4.77. The number of anilines is 2. The molecule has 0 aliphatic carbocycles. The van der Waals surface area contributed by atoms with Crippen LogP contribution in [-0.4, -0.2) is 38.7 Å². The maximum absolute atomic E-state index is 12.9. The van der Waals surface area contributed by atoms with E-state index in [0.29, 0.717) is 11.4 Å². The van der Waals surface area contributed by atoms with Gasteiger partial charge in [-0.1, -0.05) is 25.1 Å². The molecule has 150 valence electrons. The first-order valence-electron chi connectivity index (χ1n) is 8.36. The lowest BCUT2D eigenvalue weighted by Gasteiger charge is -2.30. The highest BCUT2D eigenvalue weighted by atomic mass is 32.2. The smallest absolute Gasteiger partial charge is 0.271 e. The molecular weight excluding hydrogens is 386 g/mol. The predicted octanol–water partition coefficient (Wildman–Crippen LogP) is 2.79. The molecule has 0 heterocycles. The minimum absolute atomic E-state index is 0.0405. The number of carbonyl (C=O) groups is 1. The van der Waals surface area contributed by atoms with Gasteiger partial charge in [0.05, 0.1) is 29.7 Å². The number of amides is 1. The molecule has 2 aromatic rings. The number of ether oxygens (including phenoxy) is 1. The molecule has 2 aromatic carbocycles. The van der Waals surface area contributed by atoms with Gasteiger partial charge in [0.2, 0.25) is 15.9 Å². The van der Waals surface area contributed by atoms with E-state index in [2.05, 4.69) is 5.32 Å². The molecule has 1 atom stereocenters. The Bertz CT molecular complexity index is 977. The van der Waals surface area contributed by atoms with E-state index in [-0.39, 0.29) is 17.8 Å². The van der Waals surface area contributed by atoms with E-state index in [0.717, 1.165) is 16.6 Å². The van der Waals surface area contributed by atoms with Crippen LogP contribution < -0.4 is 14.4 Å². The van der Waals surface area contributed by atoms with Crippen LogP contribution in [0.5, 0.6) is 5.75 Å². The van der Waals surface area contributed by atoms with Crippen molar-refractivity contribution >= 4 is 33.0 Å². The number of hydrogen-bond donors (Lipinski definition) is 1. The monoisotopic (exact) mass is 407 g/mol. The van der Waals surface area contributed by atoms with E-state index in [9.17, 15) is 23.3 Å². The number of methoxy groups -OCH3 is 1. The van der Waals surface area contributed by atoms with Gasteiger partial charge < -0.3 is 10.1 Å². The number of nitrogens with one attached hydrogen (secondary N) is 1. The molecule has 0 aliphatic heterocycles. The van der Waals surface area contributed by atoms with Crippen molar-refractivity contribution in [1.29, 1.82) is 0 Å². The van der Waals surface area contributed by atoms with E-state index in [4.69, 9.17) is 4.74 Å². The van der Waals surface area contributed by atoms with Crippen LogP contribution in [0.15, 0.2) is 48.5 Å². The molecule has 0 aromatic heterocycles. The van der Waals surface area contributed by atoms with Crippen molar-refractivity contribution in [3.63, 3.8) is 0 Å². The van der Waals surface area contributed by atoms with E-state index in [1.54, 1.807) is 31.2 Å². The van der Waals surface area contributed by atoms with Crippen LogP contribution in [0.2, 0.25) is 0 Å². The van der Waals surface area contributed by atoms with Crippen LogP contribution in [-0.2, 0) is 14.8 Å². The molecule has 0 saturated heterocycles. The Labute approximate surface area is 163 Å². The molecule has 0 aliphatic rings.